The highest BCUT2D eigenvalue weighted by Gasteiger charge is 2.39. The van der Waals surface area contributed by atoms with Gasteiger partial charge in [-0.2, -0.15) is 0 Å². The summed E-state index contributed by atoms with van der Waals surface area (Å²) in [5.74, 6) is 0. The van der Waals surface area contributed by atoms with Crippen molar-refractivity contribution in [3.05, 3.63) is 0 Å². The van der Waals surface area contributed by atoms with Crippen LogP contribution in [0.3, 0.4) is 0 Å². The summed E-state index contributed by atoms with van der Waals surface area (Å²) < 4.78 is 0. The maximum Gasteiger partial charge on any atom is 0.0226 e. The first kappa shape index (κ1) is 14.3. The highest BCUT2D eigenvalue weighted by molar-refractivity contribution is 4.96. The minimum absolute atomic E-state index is 0.388. The monoisotopic (exact) mass is 252 g/mol. The summed E-state index contributed by atoms with van der Waals surface area (Å²) in [5.41, 5.74) is 0.388. The minimum Gasteiger partial charge on any atom is -0.298 e. The molecule has 2 aliphatic rings. The van der Waals surface area contributed by atoms with Crippen molar-refractivity contribution in [1.29, 1.82) is 0 Å². The second kappa shape index (κ2) is 5.92. The average Bonchev–Trinajstić information content (AvgIpc) is 2.37. The van der Waals surface area contributed by atoms with E-state index in [-0.39, 0.29) is 0 Å². The largest absolute Gasteiger partial charge is 0.298 e. The van der Waals surface area contributed by atoms with Crippen molar-refractivity contribution in [2.24, 2.45) is 0 Å². The molecule has 0 radical (unpaired) electrons. The maximum absolute atomic E-state index is 2.84. The van der Waals surface area contributed by atoms with Crippen LogP contribution in [-0.2, 0) is 0 Å². The Morgan fingerprint density at radius 2 is 1.89 bits per heavy atom. The third kappa shape index (κ3) is 2.91. The third-order valence-corrected chi connectivity index (χ3v) is 5.15. The Kier molecular flexibility index (Phi) is 4.71. The molecule has 2 unspecified atom stereocenters. The number of fused-ring (bicyclic) bond motifs is 1. The Labute approximate surface area is 114 Å². The van der Waals surface area contributed by atoms with Gasteiger partial charge in [-0.3, -0.25) is 9.80 Å². The topological polar surface area (TPSA) is 6.48 Å². The molecule has 0 saturated carbocycles. The first-order chi connectivity index (χ1) is 8.58. The smallest absolute Gasteiger partial charge is 0.0226 e. The van der Waals surface area contributed by atoms with E-state index in [0.29, 0.717) is 5.54 Å². The van der Waals surface area contributed by atoms with Crippen LogP contribution < -0.4 is 0 Å². The van der Waals surface area contributed by atoms with Crippen LogP contribution in [-0.4, -0.2) is 47.1 Å². The van der Waals surface area contributed by atoms with E-state index in [9.17, 15) is 0 Å². The first-order valence-electron chi connectivity index (χ1n) is 8.09. The van der Waals surface area contributed by atoms with Crippen LogP contribution in [0.5, 0.6) is 0 Å². The molecule has 18 heavy (non-hydrogen) atoms. The molecule has 2 aliphatic heterocycles. The van der Waals surface area contributed by atoms with Crippen LogP contribution in [0.2, 0.25) is 0 Å². The number of hydrogen-bond acceptors (Lipinski definition) is 2. The van der Waals surface area contributed by atoms with E-state index < -0.39 is 0 Å². The Bertz CT molecular complexity index is 262. The van der Waals surface area contributed by atoms with Gasteiger partial charge in [-0.15, -0.1) is 0 Å². The summed E-state index contributed by atoms with van der Waals surface area (Å²) in [5, 5.41) is 0. The van der Waals surface area contributed by atoms with Gasteiger partial charge in [-0.05, 0) is 46.1 Å². The van der Waals surface area contributed by atoms with Crippen LogP contribution in [0.4, 0.5) is 0 Å². The molecule has 0 spiro atoms. The molecule has 0 aliphatic carbocycles. The predicted molar refractivity (Wildman–Crippen MR) is 79.0 cm³/mol. The molecular weight excluding hydrogens is 220 g/mol. The van der Waals surface area contributed by atoms with Crippen LogP contribution in [0.1, 0.15) is 66.2 Å². The third-order valence-electron chi connectivity index (χ3n) is 5.15. The van der Waals surface area contributed by atoms with Crippen molar-refractivity contribution in [2.45, 2.75) is 83.8 Å². The summed E-state index contributed by atoms with van der Waals surface area (Å²) in [6, 6.07) is 1.62. The standard InChI is InChI=1S/C16H32N2/c1-5-10-16(3,4)18-13-15-9-7-8-11-17(15)12-14(18)6-2/h14-15H,5-13H2,1-4H3. The Morgan fingerprint density at radius 1 is 1.11 bits per heavy atom. The molecule has 2 heteroatoms. The number of piperidine rings is 1. The average molecular weight is 252 g/mol. The second-order valence-electron chi connectivity index (χ2n) is 6.92. The van der Waals surface area contributed by atoms with E-state index in [4.69, 9.17) is 0 Å². The van der Waals surface area contributed by atoms with E-state index >= 15 is 0 Å². The number of nitrogens with zero attached hydrogens (tertiary/aromatic N) is 2. The zero-order chi connectivity index (χ0) is 13.2. The van der Waals surface area contributed by atoms with E-state index in [1.807, 2.05) is 0 Å². The van der Waals surface area contributed by atoms with Gasteiger partial charge < -0.3 is 0 Å². The van der Waals surface area contributed by atoms with Gasteiger partial charge in [0, 0.05) is 30.7 Å². The number of hydrogen-bond donors (Lipinski definition) is 0. The van der Waals surface area contributed by atoms with E-state index in [1.165, 1.54) is 58.2 Å². The van der Waals surface area contributed by atoms with Gasteiger partial charge in [-0.25, -0.2) is 0 Å². The van der Waals surface area contributed by atoms with Crippen molar-refractivity contribution in [3.63, 3.8) is 0 Å². The summed E-state index contributed by atoms with van der Waals surface area (Å²) in [7, 11) is 0. The summed E-state index contributed by atoms with van der Waals surface area (Å²) in [6.07, 6.45) is 8.22. The summed E-state index contributed by atoms with van der Waals surface area (Å²) in [6.45, 7) is 13.6. The number of rotatable bonds is 4. The van der Waals surface area contributed by atoms with Gasteiger partial charge >= 0.3 is 0 Å². The lowest BCUT2D eigenvalue weighted by Gasteiger charge is -2.54. The molecule has 0 amide bonds. The van der Waals surface area contributed by atoms with Gasteiger partial charge in [0.1, 0.15) is 0 Å². The van der Waals surface area contributed by atoms with E-state index in [1.54, 1.807) is 0 Å². The van der Waals surface area contributed by atoms with Crippen molar-refractivity contribution >= 4 is 0 Å². The number of piperazine rings is 1. The SMILES string of the molecule is CCCC(C)(C)N1CC2CCCCN2CC1CC. The fourth-order valence-electron chi connectivity index (χ4n) is 4.10. The molecule has 2 rings (SSSR count). The lowest BCUT2D eigenvalue weighted by Crippen LogP contribution is -2.64. The Morgan fingerprint density at radius 3 is 2.56 bits per heavy atom. The molecule has 2 saturated heterocycles. The molecule has 106 valence electrons. The van der Waals surface area contributed by atoms with Gasteiger partial charge in [0.2, 0.25) is 0 Å². The Hall–Kier alpha value is -0.0800. The lowest BCUT2D eigenvalue weighted by atomic mass is 9.88. The molecule has 2 fully saturated rings. The molecule has 2 heterocycles. The normalized spacial score (nSPS) is 31.3. The molecule has 2 nitrogen and oxygen atoms in total. The quantitative estimate of drug-likeness (QED) is 0.755. The molecular formula is C16H32N2. The highest BCUT2D eigenvalue weighted by atomic mass is 15.3. The summed E-state index contributed by atoms with van der Waals surface area (Å²) in [4.78, 5) is 5.61. The van der Waals surface area contributed by atoms with Crippen molar-refractivity contribution in [1.82, 2.24) is 9.80 Å². The highest BCUT2D eigenvalue weighted by Crippen LogP contribution is 2.32. The molecule has 0 aromatic carbocycles. The predicted octanol–water partition coefficient (Wildman–Crippen LogP) is 3.51. The Balaban J connectivity index is 2.08. The van der Waals surface area contributed by atoms with E-state index in [2.05, 4.69) is 37.5 Å². The first-order valence-corrected chi connectivity index (χ1v) is 8.09. The van der Waals surface area contributed by atoms with Crippen molar-refractivity contribution in [3.8, 4) is 0 Å². The van der Waals surface area contributed by atoms with Gasteiger partial charge in [-0.1, -0.05) is 26.7 Å². The van der Waals surface area contributed by atoms with Gasteiger partial charge in [0.15, 0.2) is 0 Å². The van der Waals surface area contributed by atoms with Gasteiger partial charge in [0.05, 0.1) is 0 Å². The van der Waals surface area contributed by atoms with Crippen molar-refractivity contribution < 1.29 is 0 Å². The van der Waals surface area contributed by atoms with Crippen LogP contribution in [0, 0.1) is 0 Å². The van der Waals surface area contributed by atoms with Crippen LogP contribution in [0.25, 0.3) is 0 Å². The minimum atomic E-state index is 0.388. The van der Waals surface area contributed by atoms with Crippen LogP contribution >= 0.6 is 0 Å². The second-order valence-corrected chi connectivity index (χ2v) is 6.92. The van der Waals surface area contributed by atoms with Gasteiger partial charge in [0.25, 0.3) is 0 Å². The molecule has 0 bridgehead atoms. The maximum atomic E-state index is 2.84. The van der Waals surface area contributed by atoms with Crippen LogP contribution in [0.15, 0.2) is 0 Å². The zero-order valence-electron chi connectivity index (χ0n) is 12.9. The zero-order valence-corrected chi connectivity index (χ0v) is 12.9. The van der Waals surface area contributed by atoms with E-state index in [0.717, 1.165) is 12.1 Å². The lowest BCUT2D eigenvalue weighted by molar-refractivity contribution is -0.0457. The molecule has 0 aromatic rings. The summed E-state index contributed by atoms with van der Waals surface area (Å²) >= 11 is 0. The fraction of sp³-hybridized carbons (Fsp3) is 1.00. The molecule has 2 atom stereocenters. The molecule has 0 aromatic heterocycles. The van der Waals surface area contributed by atoms with Crippen molar-refractivity contribution in [2.75, 3.05) is 19.6 Å². The fourth-order valence-corrected chi connectivity index (χ4v) is 4.10. The molecule has 0 N–H and O–H groups in total.